The van der Waals surface area contributed by atoms with Crippen LogP contribution in [0.4, 0.5) is 5.69 Å². The molecule has 32 heavy (non-hydrogen) atoms. The number of carbonyl (C=O) groups is 2. The largest absolute Gasteiger partial charge is 0.508 e. The monoisotopic (exact) mass is 437 g/mol. The van der Waals surface area contributed by atoms with E-state index < -0.39 is 0 Å². The van der Waals surface area contributed by atoms with E-state index >= 15 is 0 Å². The van der Waals surface area contributed by atoms with Crippen molar-refractivity contribution in [3.8, 4) is 11.5 Å². The molecule has 2 aromatic carbocycles. The SMILES string of the molecule is Cc1c(O)cc(O)c(C(=O)N2CCc3ccc(N(C)C(=O)/C=C/CN(C)C)cc3C2)c1C. The summed E-state index contributed by atoms with van der Waals surface area (Å²) in [6.45, 7) is 5.05. The molecule has 1 aliphatic heterocycles. The topological polar surface area (TPSA) is 84.3 Å². The van der Waals surface area contributed by atoms with Crippen LogP contribution in [-0.4, -0.2) is 66.1 Å². The normalized spacial score (nSPS) is 13.5. The Hall–Kier alpha value is -3.32. The molecule has 1 aliphatic rings. The molecule has 0 fully saturated rings. The summed E-state index contributed by atoms with van der Waals surface area (Å²) >= 11 is 0. The molecule has 0 aliphatic carbocycles. The highest BCUT2D eigenvalue weighted by molar-refractivity contribution is 6.01. The summed E-state index contributed by atoms with van der Waals surface area (Å²) in [5.74, 6) is -0.631. The van der Waals surface area contributed by atoms with Crippen LogP contribution >= 0.6 is 0 Å². The maximum absolute atomic E-state index is 13.2. The Bertz CT molecular complexity index is 1080. The van der Waals surface area contributed by atoms with Crippen molar-refractivity contribution in [3.63, 3.8) is 0 Å². The minimum absolute atomic E-state index is 0.0301. The second-order valence-electron chi connectivity index (χ2n) is 8.53. The van der Waals surface area contributed by atoms with E-state index in [4.69, 9.17) is 0 Å². The lowest BCUT2D eigenvalue weighted by Crippen LogP contribution is -2.36. The van der Waals surface area contributed by atoms with Crippen LogP contribution in [0.15, 0.2) is 36.4 Å². The minimum Gasteiger partial charge on any atom is -0.508 e. The molecule has 2 amide bonds. The summed E-state index contributed by atoms with van der Waals surface area (Å²) in [5.41, 5.74) is 4.25. The van der Waals surface area contributed by atoms with E-state index in [2.05, 4.69) is 0 Å². The van der Waals surface area contributed by atoms with Gasteiger partial charge in [-0.3, -0.25) is 9.59 Å². The van der Waals surface area contributed by atoms with Crippen LogP contribution in [0.3, 0.4) is 0 Å². The third-order valence-corrected chi connectivity index (χ3v) is 6.00. The van der Waals surface area contributed by atoms with E-state index in [0.29, 0.717) is 37.2 Å². The molecule has 2 aromatic rings. The van der Waals surface area contributed by atoms with Gasteiger partial charge in [0.25, 0.3) is 5.91 Å². The first-order chi connectivity index (χ1) is 15.1. The van der Waals surface area contributed by atoms with Crippen molar-refractivity contribution in [2.24, 2.45) is 0 Å². The van der Waals surface area contributed by atoms with E-state index in [1.165, 1.54) is 6.07 Å². The number of phenolic OH excluding ortho intramolecular Hbond substituents is 2. The molecule has 7 heteroatoms. The molecule has 0 unspecified atom stereocenters. The van der Waals surface area contributed by atoms with Crippen LogP contribution in [0, 0.1) is 13.8 Å². The summed E-state index contributed by atoms with van der Waals surface area (Å²) < 4.78 is 0. The van der Waals surface area contributed by atoms with Gasteiger partial charge in [0, 0.05) is 44.5 Å². The number of nitrogens with zero attached hydrogens (tertiary/aromatic N) is 3. The number of fused-ring (bicyclic) bond motifs is 1. The number of benzene rings is 2. The van der Waals surface area contributed by atoms with Gasteiger partial charge in [-0.2, -0.15) is 0 Å². The van der Waals surface area contributed by atoms with Crippen LogP contribution in [0.2, 0.25) is 0 Å². The molecule has 0 spiro atoms. The molecule has 0 atom stereocenters. The van der Waals surface area contributed by atoms with Crippen molar-refractivity contribution >= 4 is 17.5 Å². The number of hydrogen-bond acceptors (Lipinski definition) is 5. The highest BCUT2D eigenvalue weighted by atomic mass is 16.3. The highest BCUT2D eigenvalue weighted by Gasteiger charge is 2.27. The Kier molecular flexibility index (Phi) is 6.89. The van der Waals surface area contributed by atoms with Gasteiger partial charge in [-0.15, -0.1) is 0 Å². The van der Waals surface area contributed by atoms with E-state index in [-0.39, 0.29) is 28.9 Å². The van der Waals surface area contributed by atoms with Gasteiger partial charge in [-0.1, -0.05) is 12.1 Å². The predicted molar refractivity (Wildman–Crippen MR) is 125 cm³/mol. The summed E-state index contributed by atoms with van der Waals surface area (Å²) in [4.78, 5) is 31.0. The van der Waals surface area contributed by atoms with E-state index in [1.54, 1.807) is 36.8 Å². The average Bonchev–Trinajstić information content (AvgIpc) is 2.75. The Morgan fingerprint density at radius 1 is 1.03 bits per heavy atom. The first-order valence-electron chi connectivity index (χ1n) is 10.6. The van der Waals surface area contributed by atoms with Crippen LogP contribution in [0.25, 0.3) is 0 Å². The molecule has 0 bridgehead atoms. The van der Waals surface area contributed by atoms with Crippen molar-refractivity contribution in [2.45, 2.75) is 26.8 Å². The fourth-order valence-electron chi connectivity index (χ4n) is 3.84. The predicted octanol–water partition coefficient (Wildman–Crippen LogP) is 2.99. The lowest BCUT2D eigenvalue weighted by molar-refractivity contribution is -0.113. The number of rotatable bonds is 5. The van der Waals surface area contributed by atoms with Crippen LogP contribution in [0.5, 0.6) is 11.5 Å². The Balaban J connectivity index is 1.81. The summed E-state index contributed by atoms with van der Waals surface area (Å²) in [7, 11) is 5.61. The fourth-order valence-corrected chi connectivity index (χ4v) is 3.84. The molecular weight excluding hydrogens is 406 g/mol. The number of likely N-dealkylation sites (N-methyl/N-ethyl adjacent to an activating group) is 2. The van der Waals surface area contributed by atoms with Gasteiger partial charge >= 0.3 is 0 Å². The molecule has 0 aromatic heterocycles. The molecule has 0 saturated carbocycles. The Morgan fingerprint density at radius 3 is 2.44 bits per heavy atom. The third-order valence-electron chi connectivity index (χ3n) is 6.00. The van der Waals surface area contributed by atoms with Gasteiger partial charge in [0.15, 0.2) is 0 Å². The zero-order chi connectivity index (χ0) is 23.6. The van der Waals surface area contributed by atoms with Gasteiger partial charge in [-0.25, -0.2) is 0 Å². The van der Waals surface area contributed by atoms with Crippen molar-refractivity contribution in [3.05, 3.63) is 64.2 Å². The number of carbonyl (C=O) groups excluding carboxylic acids is 2. The first-order valence-corrected chi connectivity index (χ1v) is 10.6. The molecule has 0 saturated heterocycles. The molecular formula is C25H31N3O4. The molecule has 2 N–H and O–H groups in total. The first kappa shape index (κ1) is 23.3. The quantitative estimate of drug-likeness (QED) is 0.703. The molecule has 3 rings (SSSR count). The molecule has 170 valence electrons. The molecule has 7 nitrogen and oxygen atoms in total. The van der Waals surface area contributed by atoms with E-state index in [1.807, 2.05) is 43.3 Å². The smallest absolute Gasteiger partial charge is 0.258 e. The number of aromatic hydroxyl groups is 2. The van der Waals surface area contributed by atoms with Crippen LogP contribution < -0.4 is 4.90 Å². The molecule has 0 radical (unpaired) electrons. The van der Waals surface area contributed by atoms with E-state index in [9.17, 15) is 19.8 Å². The van der Waals surface area contributed by atoms with Gasteiger partial charge < -0.3 is 24.9 Å². The zero-order valence-electron chi connectivity index (χ0n) is 19.3. The zero-order valence-corrected chi connectivity index (χ0v) is 19.3. The average molecular weight is 438 g/mol. The lowest BCUT2D eigenvalue weighted by atomic mass is 9.96. The number of amides is 2. The van der Waals surface area contributed by atoms with Crippen LogP contribution in [-0.2, 0) is 17.8 Å². The summed E-state index contributed by atoms with van der Waals surface area (Å²) in [5, 5.41) is 20.2. The maximum Gasteiger partial charge on any atom is 0.258 e. The minimum atomic E-state index is -0.268. The van der Waals surface area contributed by atoms with Gasteiger partial charge in [0.2, 0.25) is 5.91 Å². The third kappa shape index (κ3) is 4.78. The van der Waals surface area contributed by atoms with Crippen molar-refractivity contribution in [2.75, 3.05) is 39.1 Å². The van der Waals surface area contributed by atoms with Crippen molar-refractivity contribution in [1.82, 2.24) is 9.80 Å². The Labute approximate surface area is 189 Å². The maximum atomic E-state index is 13.2. The number of anilines is 1. The number of hydrogen-bond donors (Lipinski definition) is 2. The summed E-state index contributed by atoms with van der Waals surface area (Å²) in [6, 6.07) is 7.09. The standard InChI is InChI=1S/C25H31N3O4/c1-16-17(2)24(22(30)14-21(16)29)25(32)28-12-10-18-8-9-20(13-19(18)15-28)27(5)23(31)7-6-11-26(3)4/h6-9,13-14,29-30H,10-12,15H2,1-5H3/b7-6+. The lowest BCUT2D eigenvalue weighted by Gasteiger charge is -2.31. The van der Waals surface area contributed by atoms with Gasteiger partial charge in [-0.05, 0) is 68.8 Å². The number of phenols is 2. The van der Waals surface area contributed by atoms with Crippen molar-refractivity contribution in [1.29, 1.82) is 0 Å². The Morgan fingerprint density at radius 2 is 1.75 bits per heavy atom. The van der Waals surface area contributed by atoms with E-state index in [0.717, 1.165) is 16.8 Å². The second-order valence-corrected chi connectivity index (χ2v) is 8.53. The highest BCUT2D eigenvalue weighted by Crippen LogP contribution is 2.33. The second kappa shape index (κ2) is 9.44. The molecule has 1 heterocycles. The fraction of sp³-hybridized carbons (Fsp3) is 0.360. The van der Waals surface area contributed by atoms with Gasteiger partial charge in [0.1, 0.15) is 11.5 Å². The summed E-state index contributed by atoms with van der Waals surface area (Å²) in [6.07, 6.45) is 4.08. The van der Waals surface area contributed by atoms with Crippen molar-refractivity contribution < 1.29 is 19.8 Å². The van der Waals surface area contributed by atoms with Gasteiger partial charge in [0.05, 0.1) is 5.56 Å². The van der Waals surface area contributed by atoms with Crippen LogP contribution in [0.1, 0.15) is 32.6 Å².